The van der Waals surface area contributed by atoms with Crippen LogP contribution in [0.3, 0.4) is 0 Å². The molecule has 0 aromatic heterocycles. The number of rotatable bonds is 11. The number of unbranched alkanes of at least 4 members (excludes halogenated alkanes) is 7. The molecular formula is C15H33NO2P+. The number of aliphatic hydroxyl groups excluding tert-OH is 1. The first-order chi connectivity index (χ1) is 8.87. The predicted octanol–water partition coefficient (Wildman–Crippen LogP) is 3.09. The van der Waals surface area contributed by atoms with Crippen LogP contribution in [0.1, 0.15) is 58.3 Å². The summed E-state index contributed by atoms with van der Waals surface area (Å²) >= 11 is 0. The molecule has 1 unspecified atom stereocenters. The van der Waals surface area contributed by atoms with Crippen molar-refractivity contribution in [3.63, 3.8) is 0 Å². The van der Waals surface area contributed by atoms with Gasteiger partial charge in [-0.05, 0) is 12.8 Å². The maximum absolute atomic E-state index is 11.8. The van der Waals surface area contributed by atoms with E-state index in [4.69, 9.17) is 0 Å². The Morgan fingerprint density at radius 3 is 1.89 bits per heavy atom. The molecule has 0 heterocycles. The summed E-state index contributed by atoms with van der Waals surface area (Å²) in [6, 6.07) is 0. The van der Waals surface area contributed by atoms with Crippen LogP contribution in [0.4, 0.5) is 0 Å². The van der Waals surface area contributed by atoms with Crippen molar-refractivity contribution >= 4 is 13.3 Å². The van der Waals surface area contributed by atoms with Crippen LogP contribution in [-0.2, 0) is 0 Å². The van der Waals surface area contributed by atoms with Crippen molar-refractivity contribution in [1.29, 1.82) is 0 Å². The number of hydrogen-bond donors (Lipinski definition) is 1. The van der Waals surface area contributed by atoms with Crippen molar-refractivity contribution in [2.24, 2.45) is 0 Å². The third kappa shape index (κ3) is 12.8. The van der Waals surface area contributed by atoms with E-state index in [-0.39, 0.29) is 5.48 Å². The van der Waals surface area contributed by atoms with Crippen LogP contribution in [0.25, 0.3) is 0 Å². The molecule has 0 bridgehead atoms. The Bertz CT molecular complexity index is 259. The summed E-state index contributed by atoms with van der Waals surface area (Å²) in [7, 11) is 4.46. The van der Waals surface area contributed by atoms with Crippen molar-refractivity contribution in [2.75, 3.05) is 33.8 Å². The van der Waals surface area contributed by atoms with Crippen LogP contribution in [0, 0.1) is 0 Å². The topological polar surface area (TPSA) is 43.3 Å². The van der Waals surface area contributed by atoms with E-state index < -0.39 is 7.77 Å². The lowest BCUT2D eigenvalue weighted by molar-refractivity contribution is -0.861. The second-order valence-electron chi connectivity index (χ2n) is 6.44. The fraction of sp³-hybridized carbons (Fsp3) is 0.933. The summed E-state index contributed by atoms with van der Waals surface area (Å²) in [5, 5.41) is 9.77. The number of hydrogen-bond acceptors (Lipinski definition) is 1. The molecule has 1 N–H and O–H groups in total. The molecule has 0 spiro atoms. The standard InChI is InChI=1S/C15H32NO2P/c1-5-6-7-8-9-10-11-12-13-19(18)15(17)14-16(2,3)4/h5-14H2,1-4H3/p+1. The van der Waals surface area contributed by atoms with Crippen molar-refractivity contribution in [3.05, 3.63) is 0 Å². The first-order valence-corrected chi connectivity index (χ1v) is 9.11. The quantitative estimate of drug-likeness (QED) is 0.361. The zero-order chi connectivity index (χ0) is 14.7. The minimum absolute atomic E-state index is 0.186. The summed E-state index contributed by atoms with van der Waals surface area (Å²) in [6.07, 6.45) is 10.6. The van der Waals surface area contributed by atoms with Gasteiger partial charge in [-0.2, -0.15) is 0 Å². The van der Waals surface area contributed by atoms with Crippen LogP contribution in [0.2, 0.25) is 0 Å². The Balaban J connectivity index is 3.62. The smallest absolute Gasteiger partial charge is 0.273 e. The molecule has 0 aliphatic heterocycles. The molecule has 0 aliphatic rings. The normalized spacial score (nSPS) is 13.6. The molecule has 0 fully saturated rings. The van der Waals surface area contributed by atoms with Gasteiger partial charge in [0.15, 0.2) is 6.54 Å². The van der Waals surface area contributed by atoms with E-state index in [1.165, 1.54) is 38.5 Å². The van der Waals surface area contributed by atoms with Gasteiger partial charge in [0.1, 0.15) is 6.16 Å². The minimum atomic E-state index is -1.53. The first kappa shape index (κ1) is 19.1. The van der Waals surface area contributed by atoms with Gasteiger partial charge in [-0.3, -0.25) is 0 Å². The first-order valence-electron chi connectivity index (χ1n) is 7.66. The van der Waals surface area contributed by atoms with Gasteiger partial charge < -0.3 is 14.5 Å². The van der Waals surface area contributed by atoms with Crippen molar-refractivity contribution < 1.29 is 14.5 Å². The van der Waals surface area contributed by atoms with Gasteiger partial charge in [0.2, 0.25) is 0 Å². The zero-order valence-electron chi connectivity index (χ0n) is 13.3. The SMILES string of the molecule is CCCCCCCCCC/[P+]([O-])=C(\O)C[N+](C)(C)C. The Hall–Kier alpha value is 0.0500. The summed E-state index contributed by atoms with van der Waals surface area (Å²) in [5.41, 5.74) is 0.186. The fourth-order valence-corrected chi connectivity index (χ4v) is 3.37. The van der Waals surface area contributed by atoms with E-state index in [1.807, 2.05) is 21.1 Å². The Morgan fingerprint density at radius 2 is 1.42 bits per heavy atom. The van der Waals surface area contributed by atoms with E-state index in [2.05, 4.69) is 6.92 Å². The van der Waals surface area contributed by atoms with Gasteiger partial charge in [-0.1, -0.05) is 45.4 Å². The van der Waals surface area contributed by atoms with Gasteiger partial charge >= 0.3 is 0 Å². The molecule has 0 rings (SSSR count). The largest absolute Gasteiger partial charge is 0.629 e. The fourth-order valence-electron chi connectivity index (χ4n) is 2.02. The second-order valence-corrected chi connectivity index (χ2v) is 8.16. The molecule has 1 atom stereocenters. The molecule has 19 heavy (non-hydrogen) atoms. The summed E-state index contributed by atoms with van der Waals surface area (Å²) < 4.78 is 0.629. The lowest BCUT2D eigenvalue weighted by Crippen LogP contribution is -2.39. The minimum Gasteiger partial charge on any atom is -0.629 e. The maximum atomic E-state index is 11.8. The van der Waals surface area contributed by atoms with Gasteiger partial charge in [0.25, 0.3) is 5.48 Å². The molecule has 0 amide bonds. The average molecular weight is 290 g/mol. The third-order valence-electron chi connectivity index (χ3n) is 3.12. The summed E-state index contributed by atoms with van der Waals surface area (Å²) in [6.45, 7) is 2.72. The Labute approximate surface area is 120 Å². The number of nitrogens with zero attached hydrogens (tertiary/aromatic N) is 1. The highest BCUT2D eigenvalue weighted by molar-refractivity contribution is 7.51. The predicted molar refractivity (Wildman–Crippen MR) is 84.2 cm³/mol. The molecular weight excluding hydrogens is 257 g/mol. The highest BCUT2D eigenvalue weighted by Gasteiger charge is 2.16. The average Bonchev–Trinajstić information content (AvgIpc) is 2.30. The van der Waals surface area contributed by atoms with Crippen molar-refractivity contribution in [3.8, 4) is 0 Å². The molecule has 0 saturated heterocycles. The zero-order valence-corrected chi connectivity index (χ0v) is 14.2. The number of aliphatic hydroxyl groups is 1. The Kier molecular flexibility index (Phi) is 10.8. The van der Waals surface area contributed by atoms with E-state index in [0.717, 1.165) is 12.8 Å². The van der Waals surface area contributed by atoms with Gasteiger partial charge in [0, 0.05) is 0 Å². The van der Waals surface area contributed by atoms with Crippen molar-refractivity contribution in [2.45, 2.75) is 58.3 Å². The maximum Gasteiger partial charge on any atom is 0.273 e. The molecule has 0 saturated carbocycles. The number of quaternary nitrogens is 1. The van der Waals surface area contributed by atoms with Crippen LogP contribution < -0.4 is 4.89 Å². The van der Waals surface area contributed by atoms with E-state index in [0.29, 0.717) is 17.2 Å². The van der Waals surface area contributed by atoms with Crippen LogP contribution >= 0.6 is 7.77 Å². The molecule has 3 nitrogen and oxygen atoms in total. The summed E-state index contributed by atoms with van der Waals surface area (Å²) in [4.78, 5) is 11.8. The van der Waals surface area contributed by atoms with Crippen LogP contribution in [0.15, 0.2) is 0 Å². The second kappa shape index (κ2) is 10.8. The van der Waals surface area contributed by atoms with Crippen LogP contribution in [0.5, 0.6) is 0 Å². The van der Waals surface area contributed by atoms with Crippen molar-refractivity contribution in [1.82, 2.24) is 0 Å². The molecule has 0 aromatic rings. The molecule has 0 aliphatic carbocycles. The lowest BCUT2D eigenvalue weighted by Gasteiger charge is -2.22. The lowest BCUT2D eigenvalue weighted by atomic mass is 10.1. The van der Waals surface area contributed by atoms with E-state index >= 15 is 0 Å². The molecule has 114 valence electrons. The summed E-state index contributed by atoms with van der Waals surface area (Å²) in [5.74, 6) is 0. The van der Waals surface area contributed by atoms with E-state index in [1.54, 1.807) is 0 Å². The highest BCUT2D eigenvalue weighted by atomic mass is 31.1. The number of likely N-dealkylation sites (N-methyl/N-ethyl adjacent to an activating group) is 1. The van der Waals surface area contributed by atoms with Gasteiger partial charge in [-0.25, -0.2) is 0 Å². The molecule has 0 aromatic carbocycles. The van der Waals surface area contributed by atoms with Gasteiger partial charge in [0.05, 0.1) is 28.9 Å². The molecule has 0 radical (unpaired) electrons. The van der Waals surface area contributed by atoms with Gasteiger partial charge in [-0.15, -0.1) is 0 Å². The highest BCUT2D eigenvalue weighted by Crippen LogP contribution is 2.18. The molecule has 4 heteroatoms. The van der Waals surface area contributed by atoms with Crippen LogP contribution in [-0.4, -0.2) is 48.9 Å². The third-order valence-corrected chi connectivity index (χ3v) is 4.56. The van der Waals surface area contributed by atoms with E-state index in [9.17, 15) is 10.00 Å². The monoisotopic (exact) mass is 290 g/mol. The Morgan fingerprint density at radius 1 is 0.947 bits per heavy atom.